The highest BCUT2D eigenvalue weighted by Gasteiger charge is 2.32. The first-order valence-corrected chi connectivity index (χ1v) is 7.97. The van der Waals surface area contributed by atoms with Crippen molar-refractivity contribution in [1.82, 2.24) is 0 Å². The average molecular weight is 271 g/mol. The standard InChI is InChI=1S/C13H18FNO2S/c14-13-3-1-10(2-4-13)7-12(8-15)11-5-6-18(16,17)9-11/h1-4,11-12H,5-9,15H2. The molecule has 0 amide bonds. The predicted molar refractivity (Wildman–Crippen MR) is 69.4 cm³/mol. The SMILES string of the molecule is NCC(Cc1ccc(F)cc1)C1CCS(=O)(=O)C1. The normalized spacial score (nSPS) is 24.0. The first-order valence-electron chi connectivity index (χ1n) is 6.15. The first kappa shape index (κ1) is 13.5. The van der Waals surface area contributed by atoms with Crippen LogP contribution < -0.4 is 5.73 Å². The molecule has 0 aliphatic carbocycles. The van der Waals surface area contributed by atoms with Crippen LogP contribution in [0.15, 0.2) is 24.3 Å². The Bertz CT molecular complexity index is 498. The topological polar surface area (TPSA) is 60.2 Å². The molecule has 2 atom stereocenters. The van der Waals surface area contributed by atoms with E-state index in [0.717, 1.165) is 12.0 Å². The highest BCUT2D eigenvalue weighted by molar-refractivity contribution is 7.91. The minimum atomic E-state index is -2.87. The van der Waals surface area contributed by atoms with Crippen molar-refractivity contribution in [2.24, 2.45) is 17.6 Å². The fourth-order valence-corrected chi connectivity index (χ4v) is 4.48. The van der Waals surface area contributed by atoms with Gasteiger partial charge in [-0.1, -0.05) is 12.1 Å². The average Bonchev–Trinajstić information content (AvgIpc) is 2.69. The summed E-state index contributed by atoms with van der Waals surface area (Å²) in [6.07, 6.45) is 1.42. The lowest BCUT2D eigenvalue weighted by atomic mass is 9.86. The van der Waals surface area contributed by atoms with E-state index in [2.05, 4.69) is 0 Å². The Kier molecular flexibility index (Phi) is 4.02. The molecule has 2 unspecified atom stereocenters. The first-order chi connectivity index (χ1) is 8.50. The van der Waals surface area contributed by atoms with E-state index in [1.165, 1.54) is 12.1 Å². The number of hydrogen-bond donors (Lipinski definition) is 1. The van der Waals surface area contributed by atoms with Crippen molar-refractivity contribution >= 4 is 9.84 Å². The summed E-state index contributed by atoms with van der Waals surface area (Å²) < 4.78 is 35.7. The van der Waals surface area contributed by atoms with Gasteiger partial charge in [-0.25, -0.2) is 12.8 Å². The van der Waals surface area contributed by atoms with Crippen LogP contribution in [-0.2, 0) is 16.3 Å². The van der Waals surface area contributed by atoms with Gasteiger partial charge >= 0.3 is 0 Å². The molecule has 100 valence electrons. The van der Waals surface area contributed by atoms with E-state index < -0.39 is 9.84 Å². The lowest BCUT2D eigenvalue weighted by Crippen LogP contribution is -2.26. The van der Waals surface area contributed by atoms with Crippen LogP contribution in [0.25, 0.3) is 0 Å². The van der Waals surface area contributed by atoms with Gasteiger partial charge in [0.05, 0.1) is 11.5 Å². The summed E-state index contributed by atoms with van der Waals surface area (Å²) in [6.45, 7) is 0.470. The van der Waals surface area contributed by atoms with Crippen molar-refractivity contribution in [3.05, 3.63) is 35.6 Å². The highest BCUT2D eigenvalue weighted by atomic mass is 32.2. The summed E-state index contributed by atoms with van der Waals surface area (Å²) in [5.41, 5.74) is 6.76. The van der Waals surface area contributed by atoms with Crippen molar-refractivity contribution in [2.45, 2.75) is 12.8 Å². The van der Waals surface area contributed by atoms with E-state index in [0.29, 0.717) is 13.0 Å². The van der Waals surface area contributed by atoms with Gasteiger partial charge in [0.25, 0.3) is 0 Å². The van der Waals surface area contributed by atoms with Crippen LogP contribution in [0.4, 0.5) is 4.39 Å². The molecule has 1 aliphatic rings. The van der Waals surface area contributed by atoms with Crippen molar-refractivity contribution in [3.63, 3.8) is 0 Å². The van der Waals surface area contributed by atoms with E-state index in [9.17, 15) is 12.8 Å². The maximum absolute atomic E-state index is 12.8. The van der Waals surface area contributed by atoms with Gasteiger partial charge < -0.3 is 5.73 Å². The van der Waals surface area contributed by atoms with Crippen LogP contribution in [0.1, 0.15) is 12.0 Å². The van der Waals surface area contributed by atoms with Gasteiger partial charge in [0.2, 0.25) is 0 Å². The Morgan fingerprint density at radius 2 is 2.00 bits per heavy atom. The Morgan fingerprint density at radius 3 is 2.50 bits per heavy atom. The van der Waals surface area contributed by atoms with Crippen LogP contribution in [0.3, 0.4) is 0 Å². The molecular formula is C13H18FNO2S. The summed E-state index contributed by atoms with van der Waals surface area (Å²) in [5, 5.41) is 0. The largest absolute Gasteiger partial charge is 0.330 e. The minimum Gasteiger partial charge on any atom is -0.330 e. The molecule has 2 rings (SSSR count). The second-order valence-electron chi connectivity index (χ2n) is 4.99. The van der Waals surface area contributed by atoms with Crippen LogP contribution in [0.2, 0.25) is 0 Å². The highest BCUT2D eigenvalue weighted by Crippen LogP contribution is 2.28. The zero-order valence-electron chi connectivity index (χ0n) is 10.2. The molecule has 1 saturated heterocycles. The molecule has 1 aliphatic heterocycles. The van der Waals surface area contributed by atoms with Crippen LogP contribution >= 0.6 is 0 Å². The minimum absolute atomic E-state index is 0.144. The Balaban J connectivity index is 2.04. The molecule has 1 aromatic rings. The van der Waals surface area contributed by atoms with Crippen LogP contribution in [0.5, 0.6) is 0 Å². The maximum Gasteiger partial charge on any atom is 0.150 e. The molecule has 0 spiro atoms. The zero-order chi connectivity index (χ0) is 13.2. The molecule has 18 heavy (non-hydrogen) atoms. The van der Waals surface area contributed by atoms with Gasteiger partial charge in [-0.2, -0.15) is 0 Å². The van der Waals surface area contributed by atoms with Crippen molar-refractivity contribution < 1.29 is 12.8 Å². The second kappa shape index (κ2) is 5.36. The van der Waals surface area contributed by atoms with Crippen molar-refractivity contribution in [1.29, 1.82) is 0 Å². The fourth-order valence-electron chi connectivity index (χ4n) is 2.56. The van der Waals surface area contributed by atoms with Gasteiger partial charge in [0, 0.05) is 0 Å². The maximum atomic E-state index is 12.8. The molecule has 0 radical (unpaired) electrons. The summed E-state index contributed by atoms with van der Waals surface area (Å²) in [4.78, 5) is 0. The lowest BCUT2D eigenvalue weighted by Gasteiger charge is -2.20. The fraction of sp³-hybridized carbons (Fsp3) is 0.538. The molecule has 1 fully saturated rings. The van der Waals surface area contributed by atoms with Gasteiger partial charge in [0.15, 0.2) is 9.84 Å². The predicted octanol–water partition coefficient (Wildman–Crippen LogP) is 1.38. The van der Waals surface area contributed by atoms with E-state index >= 15 is 0 Å². The van der Waals surface area contributed by atoms with Crippen molar-refractivity contribution in [3.8, 4) is 0 Å². The number of nitrogens with two attached hydrogens (primary N) is 1. The molecule has 2 N–H and O–H groups in total. The number of halogens is 1. The number of sulfone groups is 1. The quantitative estimate of drug-likeness (QED) is 0.900. The summed E-state index contributed by atoms with van der Waals surface area (Å²) in [6, 6.07) is 6.32. The second-order valence-corrected chi connectivity index (χ2v) is 7.22. The van der Waals surface area contributed by atoms with Gasteiger partial charge in [-0.15, -0.1) is 0 Å². The van der Waals surface area contributed by atoms with E-state index in [4.69, 9.17) is 5.73 Å². The van der Waals surface area contributed by atoms with Gasteiger partial charge in [-0.3, -0.25) is 0 Å². The van der Waals surface area contributed by atoms with E-state index in [1.807, 2.05) is 0 Å². The van der Waals surface area contributed by atoms with E-state index in [-0.39, 0.29) is 29.2 Å². The van der Waals surface area contributed by atoms with Crippen LogP contribution in [-0.4, -0.2) is 26.5 Å². The third-order valence-corrected chi connectivity index (χ3v) is 5.44. The molecule has 0 saturated carbocycles. The molecule has 0 bridgehead atoms. The van der Waals surface area contributed by atoms with Crippen molar-refractivity contribution in [2.75, 3.05) is 18.1 Å². The third kappa shape index (κ3) is 3.29. The van der Waals surface area contributed by atoms with Gasteiger partial charge in [-0.05, 0) is 48.9 Å². The molecular weight excluding hydrogens is 253 g/mol. The van der Waals surface area contributed by atoms with E-state index in [1.54, 1.807) is 12.1 Å². The van der Waals surface area contributed by atoms with Crippen LogP contribution in [0, 0.1) is 17.7 Å². The van der Waals surface area contributed by atoms with Gasteiger partial charge in [0.1, 0.15) is 5.82 Å². The molecule has 1 aromatic carbocycles. The summed E-state index contributed by atoms with van der Waals surface area (Å²) in [7, 11) is -2.87. The summed E-state index contributed by atoms with van der Waals surface area (Å²) >= 11 is 0. The molecule has 0 aromatic heterocycles. The zero-order valence-corrected chi connectivity index (χ0v) is 11.0. The molecule has 1 heterocycles. The lowest BCUT2D eigenvalue weighted by molar-refractivity contribution is 0.370. The molecule has 5 heteroatoms. The monoisotopic (exact) mass is 271 g/mol. The Hall–Kier alpha value is -0.940. The Labute approximate surface area is 107 Å². The number of benzene rings is 1. The number of hydrogen-bond acceptors (Lipinski definition) is 3. The molecule has 3 nitrogen and oxygen atoms in total. The smallest absolute Gasteiger partial charge is 0.150 e. The summed E-state index contributed by atoms with van der Waals surface area (Å²) in [5.74, 6) is 0.567. The number of rotatable bonds is 4. The third-order valence-electron chi connectivity index (χ3n) is 3.65. The Morgan fingerprint density at radius 1 is 1.33 bits per heavy atom.